The van der Waals surface area contributed by atoms with Gasteiger partial charge in [-0.3, -0.25) is 19.5 Å². The van der Waals surface area contributed by atoms with Crippen molar-refractivity contribution in [3.63, 3.8) is 0 Å². The molecule has 2 saturated carbocycles. The van der Waals surface area contributed by atoms with Gasteiger partial charge in [0.15, 0.2) is 0 Å². The summed E-state index contributed by atoms with van der Waals surface area (Å²) >= 11 is 3.48. The third-order valence-corrected chi connectivity index (χ3v) is 7.31. The lowest BCUT2D eigenvalue weighted by Crippen LogP contribution is -2.41. The normalized spacial score (nSPS) is 26.7. The number of benzene rings is 1. The Morgan fingerprint density at radius 3 is 2.61 bits per heavy atom. The molecule has 2 atom stereocenters. The van der Waals surface area contributed by atoms with Crippen molar-refractivity contribution >= 4 is 33.6 Å². The second-order valence-electron chi connectivity index (χ2n) is 8.97. The molecule has 6 heteroatoms. The molecular formula is C22H26BrN3O2. The van der Waals surface area contributed by atoms with Gasteiger partial charge in [-0.1, -0.05) is 35.0 Å². The zero-order chi connectivity index (χ0) is 19.5. The van der Waals surface area contributed by atoms with Crippen LogP contribution in [0.25, 0.3) is 0 Å². The molecule has 3 fully saturated rings. The first-order valence-corrected chi connectivity index (χ1v) is 11.2. The van der Waals surface area contributed by atoms with Gasteiger partial charge in [0.2, 0.25) is 5.91 Å². The van der Waals surface area contributed by atoms with Crippen molar-refractivity contribution in [1.29, 1.82) is 0 Å². The number of amides is 2. The lowest BCUT2D eigenvalue weighted by Gasteiger charge is -2.27. The molecule has 1 aromatic rings. The van der Waals surface area contributed by atoms with Crippen LogP contribution in [0.5, 0.6) is 0 Å². The Morgan fingerprint density at radius 1 is 1.25 bits per heavy atom. The maximum Gasteiger partial charge on any atom is 0.256 e. The molecule has 0 N–H and O–H groups in total. The largest absolute Gasteiger partial charge is 0.342 e. The maximum atomic E-state index is 13.1. The molecule has 2 heterocycles. The van der Waals surface area contributed by atoms with E-state index in [2.05, 4.69) is 27.8 Å². The minimum atomic E-state index is -0.480. The minimum Gasteiger partial charge on any atom is -0.342 e. The number of carbonyl (C=O) groups is 2. The first-order valence-electron chi connectivity index (χ1n) is 10.4. The van der Waals surface area contributed by atoms with E-state index in [0.29, 0.717) is 30.2 Å². The molecule has 0 bridgehead atoms. The number of aliphatic imine (C=N–C) groups is 1. The van der Waals surface area contributed by atoms with Crippen molar-refractivity contribution < 1.29 is 9.59 Å². The Kier molecular flexibility index (Phi) is 4.38. The zero-order valence-electron chi connectivity index (χ0n) is 16.2. The lowest BCUT2D eigenvalue weighted by atomic mass is 9.92. The van der Waals surface area contributed by atoms with Crippen molar-refractivity contribution in [1.82, 2.24) is 9.80 Å². The predicted octanol–water partition coefficient (Wildman–Crippen LogP) is 3.47. The SMILES string of the molecule is CC(CN1C(=O)C2(CC2)N=C1c1ccc(Br)cc1)C1CCN(C(=O)C2CC2)C1. The summed E-state index contributed by atoms with van der Waals surface area (Å²) in [6.07, 6.45) is 4.89. The van der Waals surface area contributed by atoms with Crippen LogP contribution in [0.1, 0.15) is 44.6 Å². The van der Waals surface area contributed by atoms with Crippen LogP contribution in [0.15, 0.2) is 33.7 Å². The summed E-state index contributed by atoms with van der Waals surface area (Å²) in [7, 11) is 0. The average molecular weight is 444 g/mol. The summed E-state index contributed by atoms with van der Waals surface area (Å²) in [5.41, 5.74) is 0.524. The second kappa shape index (κ2) is 6.68. The van der Waals surface area contributed by atoms with Gasteiger partial charge in [-0.05, 0) is 56.1 Å². The molecule has 5 rings (SSSR count). The Morgan fingerprint density at radius 2 is 1.96 bits per heavy atom. The highest BCUT2D eigenvalue weighted by Gasteiger charge is 2.57. The van der Waals surface area contributed by atoms with E-state index in [9.17, 15) is 9.59 Å². The summed E-state index contributed by atoms with van der Waals surface area (Å²) in [5.74, 6) is 2.43. The minimum absolute atomic E-state index is 0.168. The van der Waals surface area contributed by atoms with Gasteiger partial charge in [0, 0.05) is 35.6 Å². The molecule has 1 aromatic carbocycles. The number of hydrogen-bond donors (Lipinski definition) is 0. The van der Waals surface area contributed by atoms with Gasteiger partial charge in [0.05, 0.1) is 0 Å². The molecule has 0 radical (unpaired) electrons. The summed E-state index contributed by atoms with van der Waals surface area (Å²) in [4.78, 5) is 34.3. The summed E-state index contributed by atoms with van der Waals surface area (Å²) in [6, 6.07) is 8.06. The van der Waals surface area contributed by atoms with Crippen LogP contribution in [0.4, 0.5) is 0 Å². The lowest BCUT2D eigenvalue weighted by molar-refractivity contribution is -0.132. The van der Waals surface area contributed by atoms with Gasteiger partial charge in [-0.15, -0.1) is 0 Å². The molecule has 2 amide bonds. The smallest absolute Gasteiger partial charge is 0.256 e. The molecule has 2 aliphatic heterocycles. The van der Waals surface area contributed by atoms with Crippen LogP contribution in [-0.4, -0.2) is 52.6 Å². The van der Waals surface area contributed by atoms with Gasteiger partial charge < -0.3 is 4.90 Å². The molecule has 4 aliphatic rings. The fourth-order valence-electron chi connectivity index (χ4n) is 4.57. The molecule has 148 valence electrons. The number of halogens is 1. The van der Waals surface area contributed by atoms with E-state index in [1.165, 1.54) is 0 Å². The van der Waals surface area contributed by atoms with Gasteiger partial charge in [-0.25, -0.2) is 0 Å². The quantitative estimate of drug-likeness (QED) is 0.699. The Labute approximate surface area is 174 Å². The van der Waals surface area contributed by atoms with Gasteiger partial charge in [0.1, 0.15) is 11.4 Å². The molecule has 1 spiro atoms. The monoisotopic (exact) mass is 443 g/mol. The Hall–Kier alpha value is -1.69. The summed E-state index contributed by atoms with van der Waals surface area (Å²) < 4.78 is 1.02. The van der Waals surface area contributed by atoms with Crippen LogP contribution < -0.4 is 0 Å². The highest BCUT2D eigenvalue weighted by atomic mass is 79.9. The van der Waals surface area contributed by atoms with Gasteiger partial charge in [-0.2, -0.15) is 0 Å². The molecule has 1 saturated heterocycles. The van der Waals surface area contributed by atoms with Crippen LogP contribution in [0.3, 0.4) is 0 Å². The van der Waals surface area contributed by atoms with Crippen molar-refractivity contribution in [3.05, 3.63) is 34.3 Å². The van der Waals surface area contributed by atoms with E-state index >= 15 is 0 Å². The highest BCUT2D eigenvalue weighted by Crippen LogP contribution is 2.46. The number of hydrogen-bond acceptors (Lipinski definition) is 3. The number of rotatable bonds is 5. The van der Waals surface area contributed by atoms with Gasteiger partial charge in [0.25, 0.3) is 5.91 Å². The average Bonchev–Trinajstić information content (AvgIpc) is 3.60. The second-order valence-corrected chi connectivity index (χ2v) is 9.89. The van der Waals surface area contributed by atoms with Crippen LogP contribution in [0.2, 0.25) is 0 Å². The van der Waals surface area contributed by atoms with Crippen molar-refractivity contribution in [3.8, 4) is 0 Å². The van der Waals surface area contributed by atoms with Crippen molar-refractivity contribution in [2.24, 2.45) is 22.7 Å². The molecule has 2 unspecified atom stereocenters. The number of amidine groups is 1. The predicted molar refractivity (Wildman–Crippen MR) is 111 cm³/mol. The topological polar surface area (TPSA) is 53.0 Å². The maximum absolute atomic E-state index is 13.1. The summed E-state index contributed by atoms with van der Waals surface area (Å²) in [5, 5.41) is 0. The van der Waals surface area contributed by atoms with Crippen molar-refractivity contribution in [2.45, 2.75) is 44.6 Å². The molecule has 28 heavy (non-hydrogen) atoms. The third kappa shape index (κ3) is 3.19. The molecule has 5 nitrogen and oxygen atoms in total. The molecule has 2 aliphatic carbocycles. The van der Waals surface area contributed by atoms with E-state index in [4.69, 9.17) is 4.99 Å². The first-order chi connectivity index (χ1) is 13.5. The van der Waals surface area contributed by atoms with E-state index < -0.39 is 5.54 Å². The van der Waals surface area contributed by atoms with Gasteiger partial charge >= 0.3 is 0 Å². The first kappa shape index (κ1) is 18.3. The van der Waals surface area contributed by atoms with Crippen LogP contribution in [-0.2, 0) is 9.59 Å². The molecule has 0 aromatic heterocycles. The molecular weight excluding hydrogens is 418 g/mol. The number of likely N-dealkylation sites (tertiary alicyclic amines) is 1. The highest BCUT2D eigenvalue weighted by molar-refractivity contribution is 9.10. The fraction of sp³-hybridized carbons (Fsp3) is 0.591. The van der Waals surface area contributed by atoms with E-state index in [0.717, 1.165) is 61.1 Å². The fourth-order valence-corrected chi connectivity index (χ4v) is 4.83. The van der Waals surface area contributed by atoms with Crippen LogP contribution >= 0.6 is 15.9 Å². The zero-order valence-corrected chi connectivity index (χ0v) is 17.8. The summed E-state index contributed by atoms with van der Waals surface area (Å²) in [6.45, 7) is 4.62. The number of nitrogens with zero attached hydrogens (tertiary/aromatic N) is 3. The van der Waals surface area contributed by atoms with E-state index in [1.807, 2.05) is 29.2 Å². The van der Waals surface area contributed by atoms with E-state index in [1.54, 1.807) is 0 Å². The van der Waals surface area contributed by atoms with Crippen molar-refractivity contribution in [2.75, 3.05) is 19.6 Å². The Bertz CT molecular complexity index is 842. The third-order valence-electron chi connectivity index (χ3n) is 6.78. The standard InChI is InChI=1S/C22H26BrN3O2/c1-14(17-8-11-25(13-17)20(27)16-2-3-16)12-26-19(15-4-6-18(23)7-5-15)24-22(9-10-22)21(26)28/h4-7,14,16-17H,2-3,8-13H2,1H3. The van der Waals surface area contributed by atoms with Crippen LogP contribution in [0, 0.1) is 17.8 Å². The Balaban J connectivity index is 1.30. The number of carbonyl (C=O) groups excluding carboxylic acids is 2. The van der Waals surface area contributed by atoms with E-state index in [-0.39, 0.29) is 5.91 Å².